The number of esters is 1. The number of nitrogen functional groups attached to an aromatic ring is 1. The van der Waals surface area contributed by atoms with Crippen LogP contribution in [0.15, 0.2) is 23.1 Å². The lowest BCUT2D eigenvalue weighted by molar-refractivity contribution is 0.0391. The summed E-state index contributed by atoms with van der Waals surface area (Å²) in [7, 11) is -2.65. The van der Waals surface area contributed by atoms with Crippen molar-refractivity contribution in [2.75, 3.05) is 32.6 Å². The van der Waals surface area contributed by atoms with Crippen LogP contribution in [0.1, 0.15) is 17.3 Å². The van der Waals surface area contributed by atoms with Gasteiger partial charge in [-0.05, 0) is 25.1 Å². The van der Waals surface area contributed by atoms with Gasteiger partial charge in [-0.1, -0.05) is 0 Å². The van der Waals surface area contributed by atoms with Gasteiger partial charge < -0.3 is 15.2 Å². The highest BCUT2D eigenvalue weighted by atomic mass is 32.2. The second-order valence-electron chi connectivity index (χ2n) is 4.79. The van der Waals surface area contributed by atoms with Crippen molar-refractivity contribution in [1.29, 1.82) is 0 Å². The highest BCUT2D eigenvalue weighted by molar-refractivity contribution is 7.89. The van der Waals surface area contributed by atoms with Crippen molar-refractivity contribution in [1.82, 2.24) is 4.31 Å². The summed E-state index contributed by atoms with van der Waals surface area (Å²) in [6.07, 6.45) is 0. The maximum atomic E-state index is 12.8. The van der Waals surface area contributed by atoms with Gasteiger partial charge in [-0.3, -0.25) is 0 Å². The van der Waals surface area contributed by atoms with Gasteiger partial charge in [0.15, 0.2) is 0 Å². The van der Waals surface area contributed by atoms with Crippen molar-refractivity contribution in [3.63, 3.8) is 0 Å². The Bertz CT molecular complexity index is 644. The monoisotopic (exact) mass is 314 g/mol. The molecule has 0 amide bonds. The normalized spacial score (nSPS) is 20.2. The van der Waals surface area contributed by atoms with Crippen molar-refractivity contribution in [3.8, 4) is 0 Å². The molecule has 21 heavy (non-hydrogen) atoms. The largest absolute Gasteiger partial charge is 0.465 e. The van der Waals surface area contributed by atoms with Gasteiger partial charge in [-0.15, -0.1) is 0 Å². The second kappa shape index (κ2) is 6.00. The van der Waals surface area contributed by atoms with Gasteiger partial charge in [0.1, 0.15) is 0 Å². The van der Waals surface area contributed by atoms with E-state index >= 15 is 0 Å². The van der Waals surface area contributed by atoms with Gasteiger partial charge in [0.05, 0.1) is 30.8 Å². The van der Waals surface area contributed by atoms with Gasteiger partial charge in [0.25, 0.3) is 0 Å². The Hall–Kier alpha value is -1.64. The molecule has 1 unspecified atom stereocenters. The molecule has 0 aromatic heterocycles. The van der Waals surface area contributed by atoms with E-state index in [1.54, 1.807) is 6.92 Å². The number of carbonyl (C=O) groups is 1. The average Bonchev–Trinajstić information content (AvgIpc) is 2.46. The fourth-order valence-electron chi connectivity index (χ4n) is 2.23. The first-order chi connectivity index (χ1) is 9.87. The highest BCUT2D eigenvalue weighted by Crippen LogP contribution is 2.26. The second-order valence-corrected chi connectivity index (χ2v) is 6.65. The molecule has 0 spiro atoms. The van der Waals surface area contributed by atoms with Crippen LogP contribution in [0.3, 0.4) is 0 Å². The number of ether oxygens (including phenoxy) is 2. The summed E-state index contributed by atoms with van der Waals surface area (Å²) in [4.78, 5) is 11.6. The topological polar surface area (TPSA) is 98.9 Å². The molecule has 1 fully saturated rings. The van der Waals surface area contributed by atoms with Crippen molar-refractivity contribution in [2.45, 2.75) is 17.9 Å². The summed E-state index contributed by atoms with van der Waals surface area (Å²) in [6.45, 7) is 2.62. The zero-order chi connectivity index (χ0) is 15.6. The minimum atomic E-state index is -3.85. The summed E-state index contributed by atoms with van der Waals surface area (Å²) >= 11 is 0. The number of benzene rings is 1. The number of nitrogens with zero attached hydrogens (tertiary/aromatic N) is 1. The molecular formula is C13H18N2O5S. The van der Waals surface area contributed by atoms with Crippen LogP contribution < -0.4 is 5.73 Å². The van der Waals surface area contributed by atoms with Gasteiger partial charge in [-0.25, -0.2) is 13.2 Å². The number of rotatable bonds is 3. The minimum absolute atomic E-state index is 0.0228. The molecule has 0 radical (unpaired) electrons. The zero-order valence-electron chi connectivity index (χ0n) is 11.9. The minimum Gasteiger partial charge on any atom is -0.465 e. The van der Waals surface area contributed by atoms with Crippen LogP contribution in [0.4, 0.5) is 5.69 Å². The number of carbonyl (C=O) groups excluding carboxylic acids is 1. The molecule has 1 aromatic carbocycles. The summed E-state index contributed by atoms with van der Waals surface area (Å²) < 4.78 is 36.8. The van der Waals surface area contributed by atoms with Gasteiger partial charge in [0, 0.05) is 18.3 Å². The maximum absolute atomic E-state index is 12.8. The molecule has 1 heterocycles. The lowest BCUT2D eigenvalue weighted by Gasteiger charge is -2.32. The summed E-state index contributed by atoms with van der Waals surface area (Å²) in [6, 6.07) is 3.80. The van der Waals surface area contributed by atoms with Gasteiger partial charge in [0.2, 0.25) is 10.0 Å². The lowest BCUT2D eigenvalue weighted by Crippen LogP contribution is -2.47. The average molecular weight is 314 g/mol. The van der Waals surface area contributed by atoms with E-state index in [4.69, 9.17) is 10.5 Å². The molecule has 0 aliphatic carbocycles. The first-order valence-electron chi connectivity index (χ1n) is 6.45. The fraction of sp³-hybridized carbons (Fsp3) is 0.462. The van der Waals surface area contributed by atoms with Crippen LogP contribution in [0, 0.1) is 0 Å². The smallest absolute Gasteiger partial charge is 0.339 e. The van der Waals surface area contributed by atoms with Crippen molar-refractivity contribution >= 4 is 21.7 Å². The number of hydrogen-bond donors (Lipinski definition) is 1. The molecule has 2 N–H and O–H groups in total. The third-order valence-electron chi connectivity index (χ3n) is 3.30. The molecule has 116 valence electrons. The maximum Gasteiger partial charge on any atom is 0.339 e. The zero-order valence-corrected chi connectivity index (χ0v) is 12.7. The molecule has 2 rings (SSSR count). The molecule has 0 bridgehead atoms. The number of hydrogen-bond acceptors (Lipinski definition) is 6. The molecule has 0 saturated carbocycles. The predicted octanol–water partition coefficient (Wildman–Crippen LogP) is 0.465. The molecule has 1 aliphatic heterocycles. The van der Waals surface area contributed by atoms with E-state index in [0.29, 0.717) is 13.2 Å². The predicted molar refractivity (Wildman–Crippen MR) is 76.4 cm³/mol. The standard InChI is InChI=1S/C13H18N2O5S/c1-9-8-20-6-5-15(9)21(17,18)12-7-10(14)3-4-11(12)13(16)19-2/h3-4,7,9H,5-6,8,14H2,1-2H3. The van der Waals surface area contributed by atoms with Crippen LogP contribution in [-0.4, -0.2) is 51.6 Å². The quantitative estimate of drug-likeness (QED) is 0.643. The Morgan fingerprint density at radius 1 is 1.48 bits per heavy atom. The van der Waals surface area contributed by atoms with Gasteiger partial charge >= 0.3 is 5.97 Å². The van der Waals surface area contributed by atoms with Crippen LogP contribution in [0.2, 0.25) is 0 Å². The number of sulfonamides is 1. The SMILES string of the molecule is COC(=O)c1ccc(N)cc1S(=O)(=O)N1CCOCC1C. The molecule has 8 heteroatoms. The number of morpholine rings is 1. The van der Waals surface area contributed by atoms with Gasteiger partial charge in [-0.2, -0.15) is 4.31 Å². The van der Waals surface area contributed by atoms with E-state index in [1.165, 1.54) is 29.6 Å². The molecule has 1 atom stereocenters. The van der Waals surface area contributed by atoms with E-state index in [0.717, 1.165) is 0 Å². The number of methoxy groups -OCH3 is 1. The third-order valence-corrected chi connectivity index (χ3v) is 5.36. The van der Waals surface area contributed by atoms with Crippen molar-refractivity contribution < 1.29 is 22.7 Å². The Morgan fingerprint density at radius 2 is 2.19 bits per heavy atom. The summed E-state index contributed by atoms with van der Waals surface area (Å²) in [5.41, 5.74) is 5.91. The van der Waals surface area contributed by atoms with E-state index < -0.39 is 16.0 Å². The summed E-state index contributed by atoms with van der Waals surface area (Å²) in [5, 5.41) is 0. The third kappa shape index (κ3) is 3.02. The Morgan fingerprint density at radius 3 is 2.81 bits per heavy atom. The van der Waals surface area contributed by atoms with Crippen LogP contribution >= 0.6 is 0 Å². The molecule has 1 aliphatic rings. The van der Waals surface area contributed by atoms with E-state index in [-0.39, 0.29) is 28.7 Å². The molecule has 1 saturated heterocycles. The summed E-state index contributed by atoms with van der Waals surface area (Å²) in [5.74, 6) is -0.713. The number of anilines is 1. The van der Waals surface area contributed by atoms with Crippen molar-refractivity contribution in [3.05, 3.63) is 23.8 Å². The molecule has 7 nitrogen and oxygen atoms in total. The molecular weight excluding hydrogens is 296 g/mol. The lowest BCUT2D eigenvalue weighted by atomic mass is 10.2. The Balaban J connectivity index is 2.53. The van der Waals surface area contributed by atoms with Crippen molar-refractivity contribution in [2.24, 2.45) is 0 Å². The van der Waals surface area contributed by atoms with E-state index in [1.807, 2.05) is 0 Å². The van der Waals surface area contributed by atoms with Crippen LogP contribution in [0.25, 0.3) is 0 Å². The number of nitrogens with two attached hydrogens (primary N) is 1. The fourth-order valence-corrected chi connectivity index (χ4v) is 4.04. The van der Waals surface area contributed by atoms with E-state index in [9.17, 15) is 13.2 Å². The Kier molecular flexibility index (Phi) is 4.50. The van der Waals surface area contributed by atoms with Crippen LogP contribution in [0.5, 0.6) is 0 Å². The van der Waals surface area contributed by atoms with E-state index in [2.05, 4.69) is 4.74 Å². The van der Waals surface area contributed by atoms with Crippen LogP contribution in [-0.2, 0) is 19.5 Å². The first-order valence-corrected chi connectivity index (χ1v) is 7.89. The molecule has 1 aromatic rings. The highest BCUT2D eigenvalue weighted by Gasteiger charge is 2.34. The first kappa shape index (κ1) is 15.7. The Labute approximate surface area is 123 Å².